The zero-order chi connectivity index (χ0) is 21.6. The van der Waals surface area contributed by atoms with Gasteiger partial charge in [0.15, 0.2) is 6.61 Å². The molecule has 3 aromatic carbocycles. The highest BCUT2D eigenvalue weighted by atomic mass is 16.5. The number of hydrazone groups is 1. The molecule has 1 aliphatic rings. The van der Waals surface area contributed by atoms with Crippen molar-refractivity contribution in [3.05, 3.63) is 96.1 Å². The van der Waals surface area contributed by atoms with Gasteiger partial charge in [0, 0.05) is 11.3 Å². The van der Waals surface area contributed by atoms with E-state index in [9.17, 15) is 9.59 Å². The summed E-state index contributed by atoms with van der Waals surface area (Å²) >= 11 is 0. The van der Waals surface area contributed by atoms with Crippen LogP contribution >= 0.6 is 0 Å². The van der Waals surface area contributed by atoms with Crippen molar-refractivity contribution in [3.63, 3.8) is 0 Å². The Kier molecular flexibility index (Phi) is 5.89. The Hall–Kier alpha value is -4.19. The van der Waals surface area contributed by atoms with Crippen LogP contribution in [0.25, 0.3) is 6.08 Å². The number of ether oxygens (including phenoxy) is 1. The van der Waals surface area contributed by atoms with Crippen LogP contribution in [-0.2, 0) is 9.59 Å². The number of rotatable bonds is 6. The highest BCUT2D eigenvalue weighted by Crippen LogP contribution is 2.27. The molecular weight excluding hydrogens is 390 g/mol. The van der Waals surface area contributed by atoms with E-state index in [1.54, 1.807) is 19.1 Å². The first-order valence-electron chi connectivity index (χ1n) is 9.85. The molecular formula is C25H21N3O3. The Morgan fingerprint density at radius 1 is 0.968 bits per heavy atom. The van der Waals surface area contributed by atoms with Crippen molar-refractivity contribution in [2.75, 3.05) is 16.9 Å². The second-order valence-electron chi connectivity index (χ2n) is 6.94. The molecule has 0 aliphatic carbocycles. The van der Waals surface area contributed by atoms with E-state index >= 15 is 0 Å². The van der Waals surface area contributed by atoms with E-state index in [2.05, 4.69) is 10.4 Å². The summed E-state index contributed by atoms with van der Waals surface area (Å²) in [4.78, 5) is 25.2. The molecule has 0 spiro atoms. The molecule has 0 saturated heterocycles. The molecule has 3 aromatic rings. The van der Waals surface area contributed by atoms with Gasteiger partial charge in [0.25, 0.3) is 11.8 Å². The lowest BCUT2D eigenvalue weighted by Crippen LogP contribution is -2.21. The highest BCUT2D eigenvalue weighted by molar-refractivity contribution is 6.32. The molecule has 4 rings (SSSR count). The van der Waals surface area contributed by atoms with Crippen molar-refractivity contribution >= 4 is 35.0 Å². The number of carbonyl (C=O) groups is 2. The van der Waals surface area contributed by atoms with E-state index in [4.69, 9.17) is 4.74 Å². The lowest BCUT2D eigenvalue weighted by Gasteiger charge is -2.12. The molecule has 1 N–H and O–H groups in total. The number of hydrogen-bond acceptors (Lipinski definition) is 4. The Labute approximate surface area is 180 Å². The van der Waals surface area contributed by atoms with Crippen LogP contribution in [0.4, 0.5) is 11.4 Å². The Morgan fingerprint density at radius 2 is 1.61 bits per heavy atom. The molecule has 154 valence electrons. The minimum atomic E-state index is -0.265. The minimum Gasteiger partial charge on any atom is -0.483 e. The first-order chi connectivity index (χ1) is 15.1. The normalized spacial score (nSPS) is 14.5. The molecule has 1 aliphatic heterocycles. The fraction of sp³-hybridized carbons (Fsp3) is 0.0800. The number of nitrogens with zero attached hydrogens (tertiary/aromatic N) is 2. The predicted octanol–water partition coefficient (Wildman–Crippen LogP) is 4.51. The van der Waals surface area contributed by atoms with Crippen LogP contribution < -0.4 is 15.1 Å². The SMILES string of the molecule is CC1=NN(c2ccccc2)C(=O)C1=Cc1ccccc1OCC(=O)Nc1ccccc1. The van der Waals surface area contributed by atoms with Gasteiger partial charge in [-0.15, -0.1) is 0 Å². The molecule has 0 atom stereocenters. The Balaban J connectivity index is 1.49. The van der Waals surface area contributed by atoms with E-state index in [1.807, 2.05) is 78.9 Å². The zero-order valence-electron chi connectivity index (χ0n) is 17.0. The van der Waals surface area contributed by atoms with E-state index in [0.717, 1.165) is 0 Å². The van der Waals surface area contributed by atoms with Crippen molar-refractivity contribution < 1.29 is 14.3 Å². The zero-order valence-corrected chi connectivity index (χ0v) is 17.0. The second kappa shape index (κ2) is 9.09. The number of anilines is 2. The van der Waals surface area contributed by atoms with Gasteiger partial charge in [0.05, 0.1) is 17.0 Å². The van der Waals surface area contributed by atoms with Crippen LogP contribution in [0.15, 0.2) is 95.6 Å². The topological polar surface area (TPSA) is 71.0 Å². The maximum Gasteiger partial charge on any atom is 0.280 e. The lowest BCUT2D eigenvalue weighted by atomic mass is 10.1. The van der Waals surface area contributed by atoms with Gasteiger partial charge in [-0.05, 0) is 43.3 Å². The van der Waals surface area contributed by atoms with Gasteiger partial charge in [-0.3, -0.25) is 9.59 Å². The molecule has 0 fully saturated rings. The first-order valence-corrected chi connectivity index (χ1v) is 9.85. The summed E-state index contributed by atoms with van der Waals surface area (Å²) in [6.45, 7) is 1.65. The molecule has 0 aromatic heterocycles. The van der Waals surface area contributed by atoms with Gasteiger partial charge in [0.1, 0.15) is 5.75 Å². The van der Waals surface area contributed by atoms with Gasteiger partial charge < -0.3 is 10.1 Å². The van der Waals surface area contributed by atoms with Crippen LogP contribution in [0.3, 0.4) is 0 Å². The fourth-order valence-corrected chi connectivity index (χ4v) is 3.18. The molecule has 6 heteroatoms. The monoisotopic (exact) mass is 411 g/mol. The summed E-state index contributed by atoms with van der Waals surface area (Å²) in [5, 5.41) is 8.57. The van der Waals surface area contributed by atoms with Crippen molar-refractivity contribution in [2.24, 2.45) is 5.10 Å². The highest BCUT2D eigenvalue weighted by Gasteiger charge is 2.28. The van der Waals surface area contributed by atoms with Gasteiger partial charge in [0.2, 0.25) is 0 Å². The van der Waals surface area contributed by atoms with Crippen LogP contribution in [0.1, 0.15) is 12.5 Å². The van der Waals surface area contributed by atoms with Gasteiger partial charge in [-0.1, -0.05) is 54.6 Å². The summed E-state index contributed by atoms with van der Waals surface area (Å²) in [6, 6.07) is 25.7. The maximum atomic E-state index is 12.9. The molecule has 0 radical (unpaired) electrons. The number of amides is 2. The van der Waals surface area contributed by atoms with Crippen LogP contribution in [0.2, 0.25) is 0 Å². The molecule has 0 bridgehead atoms. The largest absolute Gasteiger partial charge is 0.483 e. The molecule has 0 unspecified atom stereocenters. The first kappa shape index (κ1) is 20.1. The van der Waals surface area contributed by atoms with Crippen molar-refractivity contribution in [1.82, 2.24) is 0 Å². The average molecular weight is 411 g/mol. The van der Waals surface area contributed by atoms with Crippen LogP contribution in [0, 0.1) is 0 Å². The summed E-state index contributed by atoms with van der Waals surface area (Å²) in [7, 11) is 0. The third-order valence-corrected chi connectivity index (χ3v) is 4.70. The van der Waals surface area contributed by atoms with Gasteiger partial charge in [-0.25, -0.2) is 0 Å². The van der Waals surface area contributed by atoms with Crippen molar-refractivity contribution in [3.8, 4) is 5.75 Å². The molecule has 6 nitrogen and oxygen atoms in total. The van der Waals surface area contributed by atoms with Gasteiger partial charge in [-0.2, -0.15) is 10.1 Å². The number of carbonyl (C=O) groups excluding carboxylic acids is 2. The number of benzene rings is 3. The summed E-state index contributed by atoms with van der Waals surface area (Å²) in [5.41, 5.74) is 3.20. The smallest absolute Gasteiger partial charge is 0.280 e. The third kappa shape index (κ3) is 4.70. The average Bonchev–Trinajstić information content (AvgIpc) is 3.08. The quantitative estimate of drug-likeness (QED) is 0.607. The summed E-state index contributed by atoms with van der Waals surface area (Å²) in [6.07, 6.45) is 1.74. The Morgan fingerprint density at radius 3 is 2.35 bits per heavy atom. The van der Waals surface area contributed by atoms with Gasteiger partial charge >= 0.3 is 0 Å². The number of para-hydroxylation sites is 3. The van der Waals surface area contributed by atoms with E-state index < -0.39 is 0 Å². The second-order valence-corrected chi connectivity index (χ2v) is 6.94. The number of nitrogens with one attached hydrogen (secondary N) is 1. The molecule has 0 saturated carbocycles. The standard InChI is InChI=1S/C25H21N3O3/c1-18-22(25(30)28(27-18)21-13-6-3-7-14-21)16-19-10-8-9-15-23(19)31-17-24(29)26-20-11-4-2-5-12-20/h2-16H,17H2,1H3,(H,26,29). The van der Waals surface area contributed by atoms with E-state index in [0.29, 0.717) is 34.0 Å². The van der Waals surface area contributed by atoms with Crippen molar-refractivity contribution in [2.45, 2.75) is 6.92 Å². The van der Waals surface area contributed by atoms with E-state index in [-0.39, 0.29) is 18.4 Å². The fourth-order valence-electron chi connectivity index (χ4n) is 3.18. The predicted molar refractivity (Wildman–Crippen MR) is 122 cm³/mol. The summed E-state index contributed by atoms with van der Waals surface area (Å²) in [5.74, 6) is 0.0379. The lowest BCUT2D eigenvalue weighted by molar-refractivity contribution is -0.118. The van der Waals surface area contributed by atoms with Crippen LogP contribution in [0.5, 0.6) is 5.75 Å². The molecule has 1 heterocycles. The Bertz CT molecular complexity index is 1150. The molecule has 31 heavy (non-hydrogen) atoms. The summed E-state index contributed by atoms with van der Waals surface area (Å²) < 4.78 is 5.74. The maximum absolute atomic E-state index is 12.9. The third-order valence-electron chi connectivity index (χ3n) is 4.70. The van der Waals surface area contributed by atoms with E-state index in [1.165, 1.54) is 5.01 Å². The molecule has 2 amide bonds. The minimum absolute atomic E-state index is 0.147. The number of hydrogen-bond donors (Lipinski definition) is 1. The van der Waals surface area contributed by atoms with Crippen molar-refractivity contribution in [1.29, 1.82) is 0 Å². The van der Waals surface area contributed by atoms with Crippen LogP contribution in [-0.4, -0.2) is 24.1 Å².